The Morgan fingerprint density at radius 1 is 1.03 bits per heavy atom. The van der Waals surface area contributed by atoms with Crippen LogP contribution in [0.2, 0.25) is 0 Å². The monoisotopic (exact) mass is 429 g/mol. The minimum Gasteiger partial charge on any atom is -0.495 e. The van der Waals surface area contributed by atoms with Gasteiger partial charge in [0.25, 0.3) is 5.56 Å². The van der Waals surface area contributed by atoms with E-state index >= 15 is 0 Å². The summed E-state index contributed by atoms with van der Waals surface area (Å²) in [7, 11) is 1.64. The summed E-state index contributed by atoms with van der Waals surface area (Å²) in [5, 5.41) is 5.42. The van der Waals surface area contributed by atoms with Crippen molar-refractivity contribution in [3.63, 3.8) is 0 Å². The molecule has 162 valence electrons. The van der Waals surface area contributed by atoms with Crippen molar-refractivity contribution in [3.8, 4) is 34.0 Å². The molecule has 1 aliphatic rings. The summed E-state index contributed by atoms with van der Waals surface area (Å²) in [6, 6.07) is 13.3. The molecule has 1 aliphatic carbocycles. The lowest BCUT2D eigenvalue weighted by Crippen LogP contribution is -2.05. The number of nitrogens with one attached hydrogen (secondary N) is 2. The van der Waals surface area contributed by atoms with Gasteiger partial charge in [-0.1, -0.05) is 24.3 Å². The van der Waals surface area contributed by atoms with Crippen molar-refractivity contribution < 1.29 is 9.47 Å². The number of aromatic amines is 2. The predicted octanol–water partition coefficient (Wildman–Crippen LogP) is 3.72. The van der Waals surface area contributed by atoms with Crippen LogP contribution in [0.1, 0.15) is 23.9 Å². The van der Waals surface area contributed by atoms with E-state index in [0.717, 1.165) is 40.2 Å². The van der Waals surface area contributed by atoms with E-state index in [1.54, 1.807) is 19.5 Å². The lowest BCUT2D eigenvalue weighted by molar-refractivity contribution is 0.285. The number of aromatic nitrogens is 5. The van der Waals surface area contributed by atoms with Crippen molar-refractivity contribution in [2.75, 3.05) is 13.7 Å². The summed E-state index contributed by atoms with van der Waals surface area (Å²) in [5.74, 6) is 2.81. The smallest absolute Gasteiger partial charge is 0.264 e. The quantitative estimate of drug-likeness (QED) is 0.464. The summed E-state index contributed by atoms with van der Waals surface area (Å²) >= 11 is 0. The van der Waals surface area contributed by atoms with Crippen LogP contribution >= 0.6 is 0 Å². The Kier molecular flexibility index (Phi) is 5.18. The number of nitrogens with zero attached hydrogens (tertiary/aromatic N) is 3. The van der Waals surface area contributed by atoms with Gasteiger partial charge in [-0.2, -0.15) is 4.98 Å². The lowest BCUT2D eigenvalue weighted by Gasteiger charge is -2.11. The highest BCUT2D eigenvalue weighted by molar-refractivity contribution is 5.71. The maximum absolute atomic E-state index is 11.4. The third-order valence-corrected chi connectivity index (χ3v) is 5.71. The number of hydrogen-bond donors (Lipinski definition) is 2. The second-order valence-corrected chi connectivity index (χ2v) is 7.92. The first-order chi connectivity index (χ1) is 15.6. The molecule has 1 saturated carbocycles. The molecule has 1 aromatic carbocycles. The Morgan fingerprint density at radius 3 is 2.53 bits per heavy atom. The topological polar surface area (TPSA) is 106 Å². The van der Waals surface area contributed by atoms with Crippen LogP contribution in [0.25, 0.3) is 22.4 Å². The molecule has 3 aromatic heterocycles. The second-order valence-electron chi connectivity index (χ2n) is 7.92. The van der Waals surface area contributed by atoms with Crippen LogP contribution in [-0.2, 0) is 0 Å². The highest BCUT2D eigenvalue weighted by Gasteiger charge is 2.40. The van der Waals surface area contributed by atoms with E-state index in [-0.39, 0.29) is 5.56 Å². The second kappa shape index (κ2) is 8.30. The molecule has 5 rings (SSSR count). The van der Waals surface area contributed by atoms with E-state index in [1.807, 2.05) is 43.3 Å². The first-order valence-electron chi connectivity index (χ1n) is 10.5. The third kappa shape index (κ3) is 4.12. The standard InChI is InChI=1S/C24H23N5O3/c1-14-25-12-20(15-3-5-16(6-4-15)22-10-23(30)29-28-22)24(27-14)32-13-17-9-19(17)21-8-7-18(31-2)11-26-21/h3-8,10-12,17,19H,9,13H2,1-2H3,(H2,28,29,30)/t17-,19+/m1/s1. The van der Waals surface area contributed by atoms with Gasteiger partial charge < -0.3 is 9.47 Å². The van der Waals surface area contributed by atoms with Gasteiger partial charge in [0.2, 0.25) is 5.88 Å². The van der Waals surface area contributed by atoms with Crippen LogP contribution in [0.5, 0.6) is 11.6 Å². The van der Waals surface area contributed by atoms with Crippen LogP contribution in [0.3, 0.4) is 0 Å². The zero-order valence-corrected chi connectivity index (χ0v) is 17.8. The van der Waals surface area contributed by atoms with Gasteiger partial charge in [0.15, 0.2) is 0 Å². The lowest BCUT2D eigenvalue weighted by atomic mass is 10.0. The molecule has 8 heteroatoms. The fraction of sp³-hybridized carbons (Fsp3) is 0.250. The van der Waals surface area contributed by atoms with Crippen molar-refractivity contribution in [3.05, 3.63) is 76.7 Å². The molecule has 0 spiro atoms. The van der Waals surface area contributed by atoms with Crippen LogP contribution in [0.4, 0.5) is 0 Å². The number of H-pyrrole nitrogens is 2. The SMILES string of the molecule is COc1ccc([C@H]2C[C@@H]2COc2nc(C)ncc2-c2ccc(-c3cc(=O)[nH][nH]3)cc2)nc1. The Labute approximate surface area is 184 Å². The van der Waals surface area contributed by atoms with Gasteiger partial charge in [0.05, 0.1) is 31.2 Å². The molecular weight excluding hydrogens is 406 g/mol. The van der Waals surface area contributed by atoms with Gasteiger partial charge in [0, 0.05) is 29.8 Å². The molecule has 0 aliphatic heterocycles. The number of methoxy groups -OCH3 is 1. The van der Waals surface area contributed by atoms with E-state index in [2.05, 4.69) is 25.1 Å². The van der Waals surface area contributed by atoms with Gasteiger partial charge in [-0.3, -0.25) is 20.0 Å². The highest BCUT2D eigenvalue weighted by Crippen LogP contribution is 2.47. The van der Waals surface area contributed by atoms with Crippen molar-refractivity contribution >= 4 is 0 Å². The Hall–Kier alpha value is -3.94. The largest absolute Gasteiger partial charge is 0.495 e. The van der Waals surface area contributed by atoms with E-state index in [9.17, 15) is 4.79 Å². The normalized spacial score (nSPS) is 17.2. The first-order valence-corrected chi connectivity index (χ1v) is 10.5. The average Bonchev–Trinajstić information content (AvgIpc) is 3.48. The molecule has 32 heavy (non-hydrogen) atoms. The Morgan fingerprint density at radius 2 is 1.84 bits per heavy atom. The van der Waals surface area contributed by atoms with Gasteiger partial charge >= 0.3 is 0 Å². The molecule has 1 fully saturated rings. The van der Waals surface area contributed by atoms with Gasteiger partial charge in [-0.25, -0.2) is 4.98 Å². The van der Waals surface area contributed by atoms with E-state index < -0.39 is 0 Å². The Balaban J connectivity index is 1.30. The van der Waals surface area contributed by atoms with Crippen LogP contribution in [0.15, 0.2) is 59.7 Å². The molecule has 0 saturated heterocycles. The zero-order chi connectivity index (χ0) is 22.1. The molecule has 2 atom stereocenters. The number of ether oxygens (including phenoxy) is 2. The highest BCUT2D eigenvalue weighted by atomic mass is 16.5. The van der Waals surface area contributed by atoms with Crippen LogP contribution in [0, 0.1) is 12.8 Å². The van der Waals surface area contributed by atoms with Crippen LogP contribution in [-0.4, -0.2) is 38.9 Å². The van der Waals surface area contributed by atoms with Crippen molar-refractivity contribution in [1.82, 2.24) is 25.1 Å². The number of rotatable bonds is 7. The Bertz CT molecular complexity index is 1280. The summed E-state index contributed by atoms with van der Waals surface area (Å²) in [6.07, 6.45) is 4.59. The summed E-state index contributed by atoms with van der Waals surface area (Å²) in [4.78, 5) is 24.8. The van der Waals surface area contributed by atoms with Crippen molar-refractivity contribution in [1.29, 1.82) is 0 Å². The summed E-state index contributed by atoms with van der Waals surface area (Å²) < 4.78 is 11.3. The molecule has 0 unspecified atom stereocenters. The first kappa shape index (κ1) is 20.0. The minimum atomic E-state index is -0.157. The van der Waals surface area contributed by atoms with Crippen molar-refractivity contribution in [2.24, 2.45) is 5.92 Å². The van der Waals surface area contributed by atoms with Crippen LogP contribution < -0.4 is 15.0 Å². The zero-order valence-electron chi connectivity index (χ0n) is 17.8. The molecule has 0 radical (unpaired) electrons. The third-order valence-electron chi connectivity index (χ3n) is 5.71. The van der Waals surface area contributed by atoms with E-state index in [1.165, 1.54) is 6.07 Å². The number of benzene rings is 1. The van der Waals surface area contributed by atoms with Gasteiger partial charge in [-0.05, 0) is 36.6 Å². The summed E-state index contributed by atoms with van der Waals surface area (Å²) in [6.45, 7) is 2.42. The molecule has 8 nitrogen and oxygen atoms in total. The van der Waals surface area contributed by atoms with E-state index in [0.29, 0.717) is 30.1 Å². The molecule has 2 N–H and O–H groups in total. The maximum atomic E-state index is 11.4. The molecule has 3 heterocycles. The molecule has 4 aromatic rings. The van der Waals surface area contributed by atoms with Gasteiger partial charge in [-0.15, -0.1) is 0 Å². The maximum Gasteiger partial charge on any atom is 0.264 e. The van der Waals surface area contributed by atoms with E-state index in [4.69, 9.17) is 9.47 Å². The predicted molar refractivity (Wildman–Crippen MR) is 120 cm³/mol. The number of pyridine rings is 1. The molecular formula is C24H23N5O3. The fourth-order valence-electron chi connectivity index (χ4n) is 3.79. The summed E-state index contributed by atoms with van der Waals surface area (Å²) in [5.41, 5.74) is 4.35. The molecule has 0 bridgehead atoms. The number of aryl methyl sites for hydroxylation is 1. The van der Waals surface area contributed by atoms with Crippen molar-refractivity contribution in [2.45, 2.75) is 19.3 Å². The average molecular weight is 429 g/mol. The minimum absolute atomic E-state index is 0.157. The fourth-order valence-corrected chi connectivity index (χ4v) is 3.79. The van der Waals surface area contributed by atoms with Gasteiger partial charge in [0.1, 0.15) is 11.6 Å². The number of hydrogen-bond acceptors (Lipinski definition) is 6. The molecule has 0 amide bonds.